The molecule has 0 radical (unpaired) electrons. The van der Waals surface area contributed by atoms with E-state index < -0.39 is 0 Å². The number of aryl methyl sites for hydroxylation is 3. The molecule has 2 aliphatic rings. The minimum Gasteiger partial charge on any atom is -0.300 e. The molecule has 0 N–H and O–H groups in total. The monoisotopic (exact) mass is 629 g/mol. The van der Waals surface area contributed by atoms with Crippen molar-refractivity contribution in [3.63, 3.8) is 0 Å². The molecule has 1 atom stereocenters. The minimum absolute atomic E-state index is 0.225. The summed E-state index contributed by atoms with van der Waals surface area (Å²) in [6.07, 6.45) is 16.8. The number of benzene rings is 3. The Bertz CT molecular complexity index is 1520. The van der Waals surface area contributed by atoms with E-state index in [2.05, 4.69) is 77.4 Å². The van der Waals surface area contributed by atoms with Crippen LogP contribution in [0.15, 0.2) is 66.7 Å². The van der Waals surface area contributed by atoms with Gasteiger partial charge in [0.2, 0.25) is 0 Å². The summed E-state index contributed by atoms with van der Waals surface area (Å²) < 4.78 is 0. The fraction of sp³-hybridized carbons (Fsp3) is 0.500. The molecule has 1 saturated carbocycles. The normalized spacial score (nSPS) is 16.4. The molecule has 3 aromatic rings. The Balaban J connectivity index is 1.24. The molecule has 5 rings (SSSR count). The number of Topliss-reactive ketones (excluding diaryl/α,β-unsaturated/α-hetero) is 2. The highest BCUT2D eigenvalue weighted by atomic mass is 16.1. The zero-order valence-electron chi connectivity index (χ0n) is 29.0. The van der Waals surface area contributed by atoms with E-state index in [-0.39, 0.29) is 5.78 Å². The van der Waals surface area contributed by atoms with Crippen molar-refractivity contribution in [1.82, 2.24) is 4.90 Å². The summed E-state index contributed by atoms with van der Waals surface area (Å²) in [5.74, 6) is 8.13. The molecule has 0 aromatic heterocycles. The topological polar surface area (TPSA) is 37.4 Å². The van der Waals surface area contributed by atoms with Crippen LogP contribution < -0.4 is 0 Å². The van der Waals surface area contributed by atoms with Crippen LogP contribution in [-0.4, -0.2) is 29.6 Å². The van der Waals surface area contributed by atoms with Crippen LogP contribution in [0.25, 0.3) is 0 Å². The standard InChI is InChI=1S/C44H55NO2/c1-3-41(46)18-10-11-31-45(43-19-12-17-39-33-40(44(47)4-2)28-29-42(39)43)32-30-38-16-9-8-15-37(38)27-26-36-24-22-35(23-25-36)21-20-34-13-6-5-7-14-34/h8-9,15-16,22-25,28-29,33-34,43H,3-7,10-14,17-19,26-27,30-32H2,1-2H3. The smallest absolute Gasteiger partial charge is 0.162 e. The second-order valence-electron chi connectivity index (χ2n) is 13.8. The van der Waals surface area contributed by atoms with Gasteiger partial charge in [-0.1, -0.05) is 93.5 Å². The lowest BCUT2D eigenvalue weighted by atomic mass is 9.84. The Labute approximate surface area is 284 Å². The maximum absolute atomic E-state index is 12.5. The summed E-state index contributed by atoms with van der Waals surface area (Å²) in [6.45, 7) is 5.89. The van der Waals surface area contributed by atoms with Crippen LogP contribution >= 0.6 is 0 Å². The molecule has 1 fully saturated rings. The summed E-state index contributed by atoms with van der Waals surface area (Å²) in [7, 11) is 0. The first-order chi connectivity index (χ1) is 23.0. The third-order valence-corrected chi connectivity index (χ3v) is 10.5. The number of carbonyl (C=O) groups excluding carboxylic acids is 2. The van der Waals surface area contributed by atoms with Crippen molar-refractivity contribution in [2.24, 2.45) is 5.92 Å². The van der Waals surface area contributed by atoms with Crippen molar-refractivity contribution in [3.8, 4) is 11.8 Å². The van der Waals surface area contributed by atoms with Gasteiger partial charge in [0, 0.05) is 48.9 Å². The zero-order valence-corrected chi connectivity index (χ0v) is 29.0. The van der Waals surface area contributed by atoms with E-state index in [1.54, 1.807) is 0 Å². The highest BCUT2D eigenvalue weighted by Gasteiger charge is 2.26. The second-order valence-corrected chi connectivity index (χ2v) is 13.8. The number of carbonyl (C=O) groups is 2. The Morgan fingerprint density at radius 3 is 2.28 bits per heavy atom. The second kappa shape index (κ2) is 18.2. The van der Waals surface area contributed by atoms with E-state index in [9.17, 15) is 9.59 Å². The third kappa shape index (κ3) is 10.3. The van der Waals surface area contributed by atoms with Gasteiger partial charge in [-0.15, -0.1) is 0 Å². The van der Waals surface area contributed by atoms with Crippen molar-refractivity contribution in [2.45, 2.75) is 123 Å². The van der Waals surface area contributed by atoms with Gasteiger partial charge in [0.1, 0.15) is 5.78 Å². The van der Waals surface area contributed by atoms with E-state index in [1.807, 2.05) is 19.9 Å². The molecule has 47 heavy (non-hydrogen) atoms. The van der Waals surface area contributed by atoms with Crippen LogP contribution in [0.3, 0.4) is 0 Å². The molecule has 2 aliphatic carbocycles. The lowest BCUT2D eigenvalue weighted by molar-refractivity contribution is -0.118. The van der Waals surface area contributed by atoms with Crippen molar-refractivity contribution < 1.29 is 9.59 Å². The van der Waals surface area contributed by atoms with Crippen molar-refractivity contribution in [2.75, 3.05) is 13.1 Å². The Morgan fingerprint density at radius 2 is 1.53 bits per heavy atom. The van der Waals surface area contributed by atoms with Gasteiger partial charge in [-0.3, -0.25) is 14.5 Å². The summed E-state index contributed by atoms with van der Waals surface area (Å²) in [5, 5.41) is 0. The van der Waals surface area contributed by atoms with Gasteiger partial charge in [0.05, 0.1) is 0 Å². The van der Waals surface area contributed by atoms with Crippen LogP contribution in [0.2, 0.25) is 0 Å². The molecule has 0 bridgehead atoms. The number of rotatable bonds is 15. The summed E-state index contributed by atoms with van der Waals surface area (Å²) in [4.78, 5) is 27.1. The predicted molar refractivity (Wildman–Crippen MR) is 195 cm³/mol. The lowest BCUT2D eigenvalue weighted by Crippen LogP contribution is -2.34. The highest BCUT2D eigenvalue weighted by molar-refractivity contribution is 5.96. The van der Waals surface area contributed by atoms with E-state index in [0.29, 0.717) is 37.0 Å². The quantitative estimate of drug-likeness (QED) is 0.0954. The molecule has 3 heteroatoms. The average Bonchev–Trinajstić information content (AvgIpc) is 3.13. The largest absolute Gasteiger partial charge is 0.300 e. The van der Waals surface area contributed by atoms with Gasteiger partial charge in [-0.05, 0) is 117 Å². The molecular formula is C44H55NO2. The first-order valence-electron chi connectivity index (χ1n) is 18.6. The summed E-state index contributed by atoms with van der Waals surface area (Å²) in [6, 6.07) is 24.7. The lowest BCUT2D eigenvalue weighted by Gasteiger charge is -2.36. The fourth-order valence-electron chi connectivity index (χ4n) is 7.56. The summed E-state index contributed by atoms with van der Waals surface area (Å²) >= 11 is 0. The maximum Gasteiger partial charge on any atom is 0.162 e. The molecule has 0 amide bonds. The molecule has 248 valence electrons. The molecule has 3 nitrogen and oxygen atoms in total. The van der Waals surface area contributed by atoms with E-state index >= 15 is 0 Å². The molecule has 3 aromatic carbocycles. The molecule has 1 unspecified atom stereocenters. The van der Waals surface area contributed by atoms with Gasteiger partial charge < -0.3 is 0 Å². The number of ketones is 2. The Morgan fingerprint density at radius 1 is 0.766 bits per heavy atom. The number of unbranched alkanes of at least 4 members (excludes halogenated alkanes) is 1. The van der Waals surface area contributed by atoms with E-state index in [1.165, 1.54) is 59.9 Å². The van der Waals surface area contributed by atoms with Gasteiger partial charge in [0.15, 0.2) is 5.78 Å². The molecular weight excluding hydrogens is 574 g/mol. The van der Waals surface area contributed by atoms with Crippen LogP contribution in [0, 0.1) is 17.8 Å². The third-order valence-electron chi connectivity index (χ3n) is 10.5. The number of nitrogens with zero attached hydrogens (tertiary/aromatic N) is 1. The zero-order chi connectivity index (χ0) is 32.8. The molecule has 0 saturated heterocycles. The summed E-state index contributed by atoms with van der Waals surface area (Å²) in [5.41, 5.74) is 8.98. The first kappa shape index (κ1) is 34.8. The van der Waals surface area contributed by atoms with E-state index in [0.717, 1.165) is 75.6 Å². The van der Waals surface area contributed by atoms with Crippen molar-refractivity contribution in [1.29, 1.82) is 0 Å². The molecule has 0 aliphatic heterocycles. The van der Waals surface area contributed by atoms with Crippen molar-refractivity contribution >= 4 is 11.6 Å². The van der Waals surface area contributed by atoms with Gasteiger partial charge in [-0.2, -0.15) is 0 Å². The first-order valence-corrected chi connectivity index (χ1v) is 18.6. The predicted octanol–water partition coefficient (Wildman–Crippen LogP) is 10.1. The minimum atomic E-state index is 0.225. The maximum atomic E-state index is 12.5. The number of fused-ring (bicyclic) bond motifs is 1. The van der Waals surface area contributed by atoms with Gasteiger partial charge in [-0.25, -0.2) is 0 Å². The van der Waals surface area contributed by atoms with Crippen LogP contribution in [0.1, 0.15) is 141 Å². The molecule has 0 heterocycles. The van der Waals surface area contributed by atoms with Gasteiger partial charge >= 0.3 is 0 Å². The van der Waals surface area contributed by atoms with Crippen LogP contribution in [0.5, 0.6) is 0 Å². The Kier molecular flexibility index (Phi) is 13.5. The van der Waals surface area contributed by atoms with Gasteiger partial charge in [0.25, 0.3) is 0 Å². The number of hydrogen-bond acceptors (Lipinski definition) is 3. The van der Waals surface area contributed by atoms with Crippen LogP contribution in [-0.2, 0) is 30.5 Å². The Hall–Kier alpha value is -3.48. The SMILES string of the molecule is CCC(=O)CCCCN(CCc1ccccc1CCc1ccc(C#CC2CCCCC2)cc1)C1CCCc2cc(C(=O)CC)ccc21. The molecule has 0 spiro atoms. The van der Waals surface area contributed by atoms with Crippen molar-refractivity contribution in [3.05, 3.63) is 106 Å². The fourth-order valence-corrected chi connectivity index (χ4v) is 7.56. The van der Waals surface area contributed by atoms with Crippen LogP contribution in [0.4, 0.5) is 0 Å². The average molecular weight is 630 g/mol. The van der Waals surface area contributed by atoms with E-state index in [4.69, 9.17) is 0 Å². The highest BCUT2D eigenvalue weighted by Crippen LogP contribution is 2.35. The number of hydrogen-bond donors (Lipinski definition) is 0.